The number of carbonyl (C=O) groups excluding carboxylic acids is 1. The van der Waals surface area contributed by atoms with Crippen LogP contribution in [0.15, 0.2) is 71.6 Å². The zero-order valence-corrected chi connectivity index (χ0v) is 19.2. The molecule has 1 atom stereocenters. The number of aliphatic hydroxyl groups excluding tert-OH is 1. The molecule has 0 bridgehead atoms. The van der Waals surface area contributed by atoms with Gasteiger partial charge in [0.1, 0.15) is 6.04 Å². The second-order valence-corrected chi connectivity index (χ2v) is 10.2. The van der Waals surface area contributed by atoms with Gasteiger partial charge < -0.3 is 15.7 Å². The number of hydrogen-bond donors (Lipinski definition) is 3. The zero-order chi connectivity index (χ0) is 23.4. The summed E-state index contributed by atoms with van der Waals surface area (Å²) in [5, 5.41) is 11.5. The van der Waals surface area contributed by atoms with Gasteiger partial charge in [-0.2, -0.15) is 4.72 Å². The molecule has 0 spiro atoms. The van der Waals surface area contributed by atoms with Crippen LogP contribution >= 0.6 is 0 Å². The predicted molar refractivity (Wildman–Crippen MR) is 128 cm³/mol. The minimum atomic E-state index is -3.95. The van der Waals surface area contributed by atoms with Crippen LogP contribution in [0.25, 0.3) is 10.8 Å². The fourth-order valence-corrected chi connectivity index (χ4v) is 5.35. The van der Waals surface area contributed by atoms with E-state index < -0.39 is 22.2 Å². The van der Waals surface area contributed by atoms with Gasteiger partial charge in [0.05, 0.1) is 11.0 Å². The van der Waals surface area contributed by atoms with Crippen LogP contribution in [0.1, 0.15) is 24.0 Å². The maximum absolute atomic E-state index is 13.4. The summed E-state index contributed by atoms with van der Waals surface area (Å²) in [6, 6.07) is 19.0. The summed E-state index contributed by atoms with van der Waals surface area (Å²) in [5.74, 6) is -0.283. The molecule has 0 radical (unpaired) electrons. The number of carbonyl (C=O) groups is 1. The molecule has 1 amide bonds. The Morgan fingerprint density at radius 2 is 1.64 bits per heavy atom. The van der Waals surface area contributed by atoms with E-state index in [2.05, 4.69) is 4.72 Å². The second-order valence-electron chi connectivity index (χ2n) is 8.46. The molecule has 4 rings (SSSR count). The van der Waals surface area contributed by atoms with Crippen molar-refractivity contribution < 1.29 is 18.3 Å². The van der Waals surface area contributed by atoms with E-state index in [4.69, 9.17) is 5.73 Å². The lowest BCUT2D eigenvalue weighted by atomic mass is 10.0. The fourth-order valence-electron chi connectivity index (χ4n) is 4.12. The van der Waals surface area contributed by atoms with E-state index in [9.17, 15) is 18.3 Å². The van der Waals surface area contributed by atoms with Gasteiger partial charge in [-0.3, -0.25) is 4.79 Å². The van der Waals surface area contributed by atoms with Crippen LogP contribution in [-0.4, -0.2) is 49.6 Å². The Morgan fingerprint density at radius 1 is 1.00 bits per heavy atom. The number of fused-ring (bicyclic) bond motifs is 1. The highest BCUT2D eigenvalue weighted by Gasteiger charge is 2.31. The van der Waals surface area contributed by atoms with E-state index in [1.54, 1.807) is 23.1 Å². The standard InChI is InChI=1S/C25H29N3O4S/c26-17-19-7-5-18(6-8-19)15-24(25(30)28-13-11-22(29)12-14-28)27-33(31,32)23-10-9-20-3-1-2-4-21(20)16-23/h1-10,16,22,24,27,29H,11-15,17,26H2/t24-/m0/s1. The van der Waals surface area contributed by atoms with Gasteiger partial charge in [0.25, 0.3) is 0 Å². The number of nitrogens with two attached hydrogens (primary N) is 1. The number of hydrogen-bond acceptors (Lipinski definition) is 5. The highest BCUT2D eigenvalue weighted by atomic mass is 32.2. The molecule has 174 valence electrons. The van der Waals surface area contributed by atoms with Crippen LogP contribution in [0.2, 0.25) is 0 Å². The van der Waals surface area contributed by atoms with Crippen LogP contribution in [0.5, 0.6) is 0 Å². The van der Waals surface area contributed by atoms with Crippen LogP contribution in [-0.2, 0) is 27.8 Å². The molecule has 0 aromatic heterocycles. The Hall–Kier alpha value is -2.78. The third-order valence-electron chi connectivity index (χ3n) is 6.10. The van der Waals surface area contributed by atoms with Crippen molar-refractivity contribution in [3.63, 3.8) is 0 Å². The van der Waals surface area contributed by atoms with Gasteiger partial charge in [0.15, 0.2) is 0 Å². The molecule has 0 aliphatic carbocycles. The smallest absolute Gasteiger partial charge is 0.241 e. The van der Waals surface area contributed by atoms with Crippen molar-refractivity contribution in [3.05, 3.63) is 77.9 Å². The van der Waals surface area contributed by atoms with Gasteiger partial charge >= 0.3 is 0 Å². The molecule has 0 saturated carbocycles. The molecule has 8 heteroatoms. The van der Waals surface area contributed by atoms with E-state index in [-0.39, 0.29) is 17.2 Å². The maximum atomic E-state index is 13.4. The van der Waals surface area contributed by atoms with E-state index in [0.717, 1.165) is 21.9 Å². The third kappa shape index (κ3) is 5.59. The summed E-state index contributed by atoms with van der Waals surface area (Å²) < 4.78 is 29.2. The van der Waals surface area contributed by atoms with Crippen molar-refractivity contribution in [2.45, 2.75) is 42.8 Å². The normalized spacial score (nSPS) is 16.1. The van der Waals surface area contributed by atoms with Crippen LogP contribution in [0.3, 0.4) is 0 Å². The second kappa shape index (κ2) is 10.0. The molecule has 1 fully saturated rings. The third-order valence-corrected chi connectivity index (χ3v) is 7.57. The number of benzene rings is 3. The molecule has 7 nitrogen and oxygen atoms in total. The minimum absolute atomic E-state index is 0.117. The highest BCUT2D eigenvalue weighted by Crippen LogP contribution is 2.20. The number of nitrogens with zero attached hydrogens (tertiary/aromatic N) is 1. The Balaban J connectivity index is 1.61. The summed E-state index contributed by atoms with van der Waals surface area (Å²) in [4.78, 5) is 15.1. The topological polar surface area (TPSA) is 113 Å². The van der Waals surface area contributed by atoms with E-state index in [1.807, 2.05) is 48.5 Å². The van der Waals surface area contributed by atoms with Crippen molar-refractivity contribution >= 4 is 26.7 Å². The van der Waals surface area contributed by atoms with E-state index in [0.29, 0.717) is 32.5 Å². The number of sulfonamides is 1. The van der Waals surface area contributed by atoms with Gasteiger partial charge in [-0.25, -0.2) is 8.42 Å². The minimum Gasteiger partial charge on any atom is -0.393 e. The Morgan fingerprint density at radius 3 is 2.30 bits per heavy atom. The van der Waals surface area contributed by atoms with E-state index in [1.165, 1.54) is 0 Å². The van der Waals surface area contributed by atoms with Crippen LogP contribution in [0, 0.1) is 0 Å². The fraction of sp³-hybridized carbons (Fsp3) is 0.320. The van der Waals surface area contributed by atoms with Crippen molar-refractivity contribution in [1.29, 1.82) is 0 Å². The lowest BCUT2D eigenvalue weighted by molar-refractivity contribution is -0.135. The van der Waals surface area contributed by atoms with E-state index >= 15 is 0 Å². The first-order chi connectivity index (χ1) is 15.9. The molecule has 4 N–H and O–H groups in total. The van der Waals surface area contributed by atoms with Gasteiger partial charge in [-0.05, 0) is 53.3 Å². The predicted octanol–water partition coefficient (Wildman–Crippen LogP) is 2.17. The molecule has 1 heterocycles. The zero-order valence-electron chi connectivity index (χ0n) is 18.4. The highest BCUT2D eigenvalue weighted by molar-refractivity contribution is 7.89. The van der Waals surface area contributed by atoms with Gasteiger partial charge in [-0.15, -0.1) is 0 Å². The van der Waals surface area contributed by atoms with Crippen molar-refractivity contribution in [3.8, 4) is 0 Å². The molecule has 1 saturated heterocycles. The Bertz CT molecular complexity index is 1220. The first kappa shape index (κ1) is 23.4. The maximum Gasteiger partial charge on any atom is 0.241 e. The lowest BCUT2D eigenvalue weighted by Gasteiger charge is -2.32. The molecule has 1 aliphatic heterocycles. The molecule has 3 aromatic carbocycles. The first-order valence-electron chi connectivity index (χ1n) is 11.1. The first-order valence-corrected chi connectivity index (χ1v) is 12.6. The largest absolute Gasteiger partial charge is 0.393 e. The van der Waals surface area contributed by atoms with Gasteiger partial charge in [0.2, 0.25) is 15.9 Å². The summed E-state index contributed by atoms with van der Waals surface area (Å²) in [6.45, 7) is 1.22. The number of nitrogens with one attached hydrogen (secondary N) is 1. The van der Waals surface area contributed by atoms with Gasteiger partial charge in [-0.1, -0.05) is 54.6 Å². The molecular weight excluding hydrogens is 438 g/mol. The number of aliphatic hydroxyl groups is 1. The molecule has 3 aromatic rings. The number of piperidine rings is 1. The number of likely N-dealkylation sites (tertiary alicyclic amines) is 1. The van der Waals surface area contributed by atoms with Crippen molar-refractivity contribution in [2.75, 3.05) is 13.1 Å². The Labute approximate surface area is 194 Å². The summed E-state index contributed by atoms with van der Waals surface area (Å²) in [6.07, 6.45) is 0.767. The summed E-state index contributed by atoms with van der Waals surface area (Å²) >= 11 is 0. The molecule has 33 heavy (non-hydrogen) atoms. The van der Waals surface area contributed by atoms with Crippen molar-refractivity contribution in [1.82, 2.24) is 9.62 Å². The monoisotopic (exact) mass is 467 g/mol. The molecular formula is C25H29N3O4S. The van der Waals surface area contributed by atoms with Crippen LogP contribution < -0.4 is 10.5 Å². The average Bonchev–Trinajstić information content (AvgIpc) is 2.83. The van der Waals surface area contributed by atoms with Gasteiger partial charge in [0, 0.05) is 19.6 Å². The van der Waals surface area contributed by atoms with Crippen LogP contribution in [0.4, 0.5) is 0 Å². The summed E-state index contributed by atoms with van der Waals surface area (Å²) in [7, 11) is -3.95. The molecule has 1 aliphatic rings. The quantitative estimate of drug-likeness (QED) is 0.493. The average molecular weight is 468 g/mol. The number of rotatable bonds is 7. The SMILES string of the molecule is NCc1ccc(C[C@H](NS(=O)(=O)c2ccc3ccccc3c2)C(=O)N2CCC(O)CC2)cc1. The van der Waals surface area contributed by atoms with Crippen molar-refractivity contribution in [2.24, 2.45) is 5.73 Å². The lowest BCUT2D eigenvalue weighted by Crippen LogP contribution is -2.52. The Kier molecular flexibility index (Phi) is 7.09. The number of amides is 1. The summed E-state index contributed by atoms with van der Waals surface area (Å²) in [5.41, 5.74) is 7.47. The molecule has 0 unspecified atom stereocenters.